The van der Waals surface area contributed by atoms with Gasteiger partial charge in [-0.15, -0.1) is 0 Å². The molecule has 1 radical (unpaired) electrons. The third-order valence-electron chi connectivity index (χ3n) is 1.75. The summed E-state index contributed by atoms with van der Waals surface area (Å²) in [6.45, 7) is 0.918. The molecule has 0 spiro atoms. The van der Waals surface area contributed by atoms with Gasteiger partial charge in [0.1, 0.15) is 0 Å². The zero-order valence-corrected chi connectivity index (χ0v) is 7.25. The smallest absolute Gasteiger partial charge is 0.0861 e. The molecule has 0 atom stereocenters. The minimum atomic E-state index is 0.755. The standard InChI is InChI=1S/C9H8ClN2/c10-8-2-4-9(5-3-8)12-7-1-6-11-12/h2-5H,1,7H2. The van der Waals surface area contributed by atoms with Gasteiger partial charge >= 0.3 is 0 Å². The summed E-state index contributed by atoms with van der Waals surface area (Å²) in [6, 6.07) is 7.65. The molecule has 61 valence electrons. The Kier molecular flexibility index (Phi) is 2.00. The monoisotopic (exact) mass is 179 g/mol. The van der Waals surface area contributed by atoms with Gasteiger partial charge in [0, 0.05) is 18.0 Å². The fourth-order valence-corrected chi connectivity index (χ4v) is 1.27. The number of nitrogens with zero attached hydrogens (tertiary/aromatic N) is 2. The van der Waals surface area contributed by atoms with Gasteiger partial charge in [0.2, 0.25) is 0 Å². The number of rotatable bonds is 1. The average molecular weight is 180 g/mol. The van der Waals surface area contributed by atoms with Gasteiger partial charge in [-0.1, -0.05) is 11.6 Å². The first-order valence-corrected chi connectivity index (χ1v) is 4.21. The van der Waals surface area contributed by atoms with E-state index in [-0.39, 0.29) is 0 Å². The molecule has 1 aromatic carbocycles. The maximum absolute atomic E-state index is 5.75. The van der Waals surface area contributed by atoms with Crippen LogP contribution in [-0.4, -0.2) is 12.8 Å². The van der Waals surface area contributed by atoms with E-state index in [0.717, 1.165) is 23.7 Å². The van der Waals surface area contributed by atoms with Crippen molar-refractivity contribution in [3.05, 3.63) is 29.3 Å². The van der Waals surface area contributed by atoms with Crippen LogP contribution < -0.4 is 5.01 Å². The van der Waals surface area contributed by atoms with Crippen LogP contribution in [0.1, 0.15) is 6.42 Å². The van der Waals surface area contributed by atoms with Crippen molar-refractivity contribution < 1.29 is 0 Å². The minimum Gasteiger partial charge on any atom is -0.265 e. The molecule has 0 unspecified atom stereocenters. The summed E-state index contributed by atoms with van der Waals surface area (Å²) in [5.74, 6) is 0. The summed E-state index contributed by atoms with van der Waals surface area (Å²) < 4.78 is 0. The van der Waals surface area contributed by atoms with Crippen molar-refractivity contribution in [2.75, 3.05) is 11.6 Å². The second-order valence-electron chi connectivity index (χ2n) is 2.61. The van der Waals surface area contributed by atoms with Gasteiger partial charge in [0.15, 0.2) is 0 Å². The van der Waals surface area contributed by atoms with Crippen molar-refractivity contribution in [2.45, 2.75) is 6.42 Å². The zero-order chi connectivity index (χ0) is 8.39. The summed E-state index contributed by atoms with van der Waals surface area (Å²) in [6.07, 6.45) is 3.81. The Morgan fingerprint density at radius 2 is 2.08 bits per heavy atom. The Balaban J connectivity index is 2.23. The van der Waals surface area contributed by atoms with Gasteiger partial charge in [0.25, 0.3) is 0 Å². The van der Waals surface area contributed by atoms with Gasteiger partial charge in [-0.3, -0.25) is 5.01 Å². The summed E-state index contributed by atoms with van der Waals surface area (Å²) >= 11 is 5.75. The Labute approximate surface area is 76.4 Å². The van der Waals surface area contributed by atoms with Crippen molar-refractivity contribution in [3.63, 3.8) is 0 Å². The molecule has 1 heterocycles. The third-order valence-corrected chi connectivity index (χ3v) is 2.00. The Bertz CT molecular complexity index is 292. The molecular weight excluding hydrogens is 172 g/mol. The number of hydrogen-bond acceptors (Lipinski definition) is 2. The molecule has 0 aromatic heterocycles. The molecule has 1 aliphatic rings. The fourth-order valence-electron chi connectivity index (χ4n) is 1.14. The highest BCUT2D eigenvalue weighted by Gasteiger charge is 2.07. The highest BCUT2D eigenvalue weighted by Crippen LogP contribution is 2.19. The zero-order valence-electron chi connectivity index (χ0n) is 6.50. The van der Waals surface area contributed by atoms with Crippen LogP contribution >= 0.6 is 11.6 Å². The normalized spacial score (nSPS) is 15.6. The second-order valence-corrected chi connectivity index (χ2v) is 3.04. The number of benzene rings is 1. The lowest BCUT2D eigenvalue weighted by atomic mass is 10.3. The van der Waals surface area contributed by atoms with E-state index in [1.807, 2.05) is 29.3 Å². The Morgan fingerprint density at radius 3 is 2.67 bits per heavy atom. The number of hydrogen-bond donors (Lipinski definition) is 0. The molecule has 1 aliphatic heterocycles. The molecular formula is C9H8ClN2. The molecule has 0 bridgehead atoms. The molecule has 0 amide bonds. The van der Waals surface area contributed by atoms with Crippen LogP contribution in [0.5, 0.6) is 0 Å². The summed E-state index contributed by atoms with van der Waals surface area (Å²) in [4.78, 5) is 0. The van der Waals surface area contributed by atoms with Crippen molar-refractivity contribution in [1.29, 1.82) is 0 Å². The van der Waals surface area contributed by atoms with Crippen molar-refractivity contribution in [2.24, 2.45) is 5.10 Å². The van der Waals surface area contributed by atoms with E-state index < -0.39 is 0 Å². The lowest BCUT2D eigenvalue weighted by Crippen LogP contribution is -2.11. The van der Waals surface area contributed by atoms with Crippen LogP contribution in [-0.2, 0) is 0 Å². The molecule has 12 heavy (non-hydrogen) atoms. The van der Waals surface area contributed by atoms with E-state index >= 15 is 0 Å². The third kappa shape index (κ3) is 1.43. The van der Waals surface area contributed by atoms with Crippen molar-refractivity contribution >= 4 is 23.5 Å². The van der Waals surface area contributed by atoms with E-state index in [1.165, 1.54) is 0 Å². The first-order valence-electron chi connectivity index (χ1n) is 3.83. The number of anilines is 1. The maximum atomic E-state index is 5.75. The van der Waals surface area contributed by atoms with E-state index in [2.05, 4.69) is 11.3 Å². The summed E-state index contributed by atoms with van der Waals surface area (Å²) in [5, 5.41) is 6.74. The number of halogens is 1. The average Bonchev–Trinajstić information content (AvgIpc) is 2.58. The van der Waals surface area contributed by atoms with Crippen molar-refractivity contribution in [1.82, 2.24) is 0 Å². The molecule has 0 saturated heterocycles. The maximum Gasteiger partial charge on any atom is 0.0861 e. The summed E-state index contributed by atoms with van der Waals surface area (Å²) in [5.41, 5.74) is 1.07. The number of hydrazone groups is 1. The lowest BCUT2D eigenvalue weighted by Gasteiger charge is -2.12. The highest BCUT2D eigenvalue weighted by atomic mass is 35.5. The molecule has 3 heteroatoms. The predicted octanol–water partition coefficient (Wildman–Crippen LogP) is 2.41. The highest BCUT2D eigenvalue weighted by molar-refractivity contribution is 6.30. The van der Waals surface area contributed by atoms with Crippen LogP contribution in [0.3, 0.4) is 0 Å². The summed E-state index contributed by atoms with van der Waals surface area (Å²) in [7, 11) is 0. The van der Waals surface area contributed by atoms with Crippen LogP contribution in [0.15, 0.2) is 29.4 Å². The topological polar surface area (TPSA) is 15.6 Å². The Hall–Kier alpha value is -1.02. The van der Waals surface area contributed by atoms with Gasteiger partial charge in [-0.05, 0) is 24.3 Å². The predicted molar refractivity (Wildman–Crippen MR) is 50.9 cm³/mol. The van der Waals surface area contributed by atoms with Crippen LogP contribution in [0.25, 0.3) is 0 Å². The fraction of sp³-hybridized carbons (Fsp3) is 0.222. The quantitative estimate of drug-likeness (QED) is 0.647. The molecule has 0 N–H and O–H groups in total. The van der Waals surface area contributed by atoms with Crippen molar-refractivity contribution in [3.8, 4) is 0 Å². The van der Waals surface area contributed by atoms with E-state index in [4.69, 9.17) is 11.6 Å². The molecule has 2 nitrogen and oxygen atoms in total. The van der Waals surface area contributed by atoms with Crippen LogP contribution in [0, 0.1) is 0 Å². The van der Waals surface area contributed by atoms with Crippen LogP contribution in [0.2, 0.25) is 5.02 Å². The van der Waals surface area contributed by atoms with Gasteiger partial charge in [0.05, 0.1) is 11.9 Å². The van der Waals surface area contributed by atoms with Gasteiger partial charge in [-0.25, -0.2) is 0 Å². The Morgan fingerprint density at radius 1 is 1.33 bits per heavy atom. The van der Waals surface area contributed by atoms with Crippen LogP contribution in [0.4, 0.5) is 5.69 Å². The molecule has 0 fully saturated rings. The van der Waals surface area contributed by atoms with Gasteiger partial charge < -0.3 is 0 Å². The minimum absolute atomic E-state index is 0.755. The second kappa shape index (κ2) is 3.15. The molecule has 0 aliphatic carbocycles. The first kappa shape index (κ1) is 7.62. The van der Waals surface area contributed by atoms with Gasteiger partial charge in [-0.2, -0.15) is 5.10 Å². The van der Waals surface area contributed by atoms with E-state index in [9.17, 15) is 0 Å². The lowest BCUT2D eigenvalue weighted by molar-refractivity contribution is 0.922. The molecule has 2 rings (SSSR count). The van der Waals surface area contributed by atoms with E-state index in [1.54, 1.807) is 0 Å². The molecule has 0 saturated carbocycles. The molecule has 1 aromatic rings. The largest absolute Gasteiger partial charge is 0.265 e. The first-order chi connectivity index (χ1) is 5.86. The van der Waals surface area contributed by atoms with E-state index in [0.29, 0.717) is 0 Å². The SMILES string of the molecule is Clc1ccc(N2CC[C]=N2)cc1.